The lowest BCUT2D eigenvalue weighted by Crippen LogP contribution is -1.98. The molecule has 0 atom stereocenters. The Kier molecular flexibility index (Phi) is 4.53. The fourth-order valence-corrected chi connectivity index (χ4v) is 2.44. The van der Waals surface area contributed by atoms with Crippen molar-refractivity contribution in [2.75, 3.05) is 0 Å². The first kappa shape index (κ1) is 14.3. The van der Waals surface area contributed by atoms with Gasteiger partial charge in [0.25, 0.3) is 0 Å². The lowest BCUT2D eigenvalue weighted by molar-refractivity contribution is -0.131. The third-order valence-electron chi connectivity index (χ3n) is 2.74. The highest BCUT2D eigenvalue weighted by atomic mass is 32.1. The summed E-state index contributed by atoms with van der Waals surface area (Å²) in [5.41, 5.74) is 4.60. The molecule has 0 radical (unpaired) electrons. The van der Waals surface area contributed by atoms with Crippen molar-refractivity contribution in [3.8, 4) is 5.75 Å². The fraction of sp³-hybridized carbons (Fsp3) is 0.200. The number of aryl methyl sites for hydroxylation is 2. The molecule has 20 heavy (non-hydrogen) atoms. The van der Waals surface area contributed by atoms with E-state index < -0.39 is 5.97 Å². The first-order valence-corrected chi connectivity index (χ1v) is 6.96. The maximum atomic E-state index is 10.5. The van der Waals surface area contributed by atoms with E-state index in [0.717, 1.165) is 33.4 Å². The molecule has 0 aliphatic rings. The van der Waals surface area contributed by atoms with Gasteiger partial charge in [0.15, 0.2) is 0 Å². The van der Waals surface area contributed by atoms with Gasteiger partial charge >= 0.3 is 5.97 Å². The number of hydrogen-bond donors (Lipinski definition) is 1. The van der Waals surface area contributed by atoms with Crippen LogP contribution < -0.4 is 4.74 Å². The lowest BCUT2D eigenvalue weighted by atomic mass is 10.1. The number of nitrogens with zero attached hydrogens (tertiary/aromatic N) is 1. The predicted octanol–water partition coefficient (Wildman–Crippen LogP) is 3.44. The number of thiazole rings is 1. The SMILES string of the molecule is Cc1cc(/C=C/C(=O)O)cc(C)c1OCc1cncs1. The summed E-state index contributed by atoms with van der Waals surface area (Å²) in [7, 11) is 0. The first-order chi connectivity index (χ1) is 9.56. The van der Waals surface area contributed by atoms with Crippen molar-refractivity contribution < 1.29 is 14.6 Å². The second kappa shape index (κ2) is 6.34. The van der Waals surface area contributed by atoms with Gasteiger partial charge in [-0.05, 0) is 48.7 Å². The molecule has 0 fully saturated rings. The Bertz CT molecular complexity index is 610. The van der Waals surface area contributed by atoms with Crippen LogP contribution in [-0.4, -0.2) is 16.1 Å². The van der Waals surface area contributed by atoms with E-state index in [0.29, 0.717) is 6.61 Å². The summed E-state index contributed by atoms with van der Waals surface area (Å²) in [6, 6.07) is 3.82. The minimum Gasteiger partial charge on any atom is -0.487 e. The van der Waals surface area contributed by atoms with Crippen LogP contribution >= 0.6 is 11.3 Å². The number of hydrogen-bond acceptors (Lipinski definition) is 4. The topological polar surface area (TPSA) is 59.4 Å². The largest absolute Gasteiger partial charge is 0.487 e. The van der Waals surface area contributed by atoms with E-state index in [9.17, 15) is 4.79 Å². The average Bonchev–Trinajstić information content (AvgIpc) is 2.88. The predicted molar refractivity (Wildman–Crippen MR) is 79.0 cm³/mol. The van der Waals surface area contributed by atoms with E-state index in [1.807, 2.05) is 26.0 Å². The summed E-state index contributed by atoms with van der Waals surface area (Å²) in [6.07, 6.45) is 4.50. The summed E-state index contributed by atoms with van der Waals surface area (Å²) in [4.78, 5) is 15.6. The van der Waals surface area contributed by atoms with Crippen molar-refractivity contribution in [2.45, 2.75) is 20.5 Å². The van der Waals surface area contributed by atoms with Crippen LogP contribution in [0, 0.1) is 13.8 Å². The van der Waals surface area contributed by atoms with Crippen LogP contribution in [0.4, 0.5) is 0 Å². The van der Waals surface area contributed by atoms with E-state index >= 15 is 0 Å². The highest BCUT2D eigenvalue weighted by Gasteiger charge is 2.06. The maximum Gasteiger partial charge on any atom is 0.328 e. The van der Waals surface area contributed by atoms with E-state index in [2.05, 4.69) is 4.98 Å². The van der Waals surface area contributed by atoms with Crippen molar-refractivity contribution in [3.05, 3.63) is 51.5 Å². The molecule has 0 saturated carbocycles. The van der Waals surface area contributed by atoms with Gasteiger partial charge in [-0.15, -0.1) is 11.3 Å². The number of carboxylic acid groups (broad SMARTS) is 1. The van der Waals surface area contributed by atoms with Crippen LogP contribution in [0.3, 0.4) is 0 Å². The molecule has 0 spiro atoms. The highest BCUT2D eigenvalue weighted by Crippen LogP contribution is 2.26. The van der Waals surface area contributed by atoms with Gasteiger partial charge in [-0.25, -0.2) is 4.79 Å². The summed E-state index contributed by atoms with van der Waals surface area (Å²) in [5, 5.41) is 8.64. The molecule has 0 aliphatic carbocycles. The average molecular weight is 289 g/mol. The Labute approximate surface area is 121 Å². The zero-order valence-electron chi connectivity index (χ0n) is 11.3. The van der Waals surface area contributed by atoms with Crippen molar-refractivity contribution >= 4 is 23.4 Å². The molecule has 0 aliphatic heterocycles. The Morgan fingerprint density at radius 3 is 2.65 bits per heavy atom. The van der Waals surface area contributed by atoms with Gasteiger partial charge in [0.2, 0.25) is 0 Å². The van der Waals surface area contributed by atoms with E-state index in [1.54, 1.807) is 29.1 Å². The number of aromatic nitrogens is 1. The summed E-state index contributed by atoms with van der Waals surface area (Å²) in [6.45, 7) is 4.40. The molecule has 104 valence electrons. The quantitative estimate of drug-likeness (QED) is 0.857. The molecule has 2 rings (SSSR count). The summed E-state index contributed by atoms with van der Waals surface area (Å²) >= 11 is 1.56. The molecule has 1 heterocycles. The Morgan fingerprint density at radius 1 is 1.40 bits per heavy atom. The molecule has 1 N–H and O–H groups in total. The summed E-state index contributed by atoms with van der Waals surface area (Å²) < 4.78 is 5.82. The molecular weight excluding hydrogens is 274 g/mol. The molecule has 5 heteroatoms. The third kappa shape index (κ3) is 3.68. The molecule has 0 saturated heterocycles. The van der Waals surface area contributed by atoms with Crippen LogP contribution in [0.15, 0.2) is 29.9 Å². The minimum absolute atomic E-state index is 0.497. The third-order valence-corrected chi connectivity index (χ3v) is 3.50. The molecular formula is C15H15NO3S. The van der Waals surface area contributed by atoms with Crippen molar-refractivity contribution in [1.29, 1.82) is 0 Å². The Balaban J connectivity index is 2.16. The zero-order chi connectivity index (χ0) is 14.5. The minimum atomic E-state index is -0.953. The van der Waals surface area contributed by atoms with E-state index in [4.69, 9.17) is 9.84 Å². The van der Waals surface area contributed by atoms with Gasteiger partial charge in [0, 0.05) is 12.3 Å². The van der Waals surface area contributed by atoms with Gasteiger partial charge in [0.1, 0.15) is 12.4 Å². The smallest absolute Gasteiger partial charge is 0.328 e. The number of carbonyl (C=O) groups is 1. The second-order valence-electron chi connectivity index (χ2n) is 4.41. The van der Waals surface area contributed by atoms with E-state index in [1.165, 1.54) is 0 Å². The molecule has 0 amide bonds. The zero-order valence-corrected chi connectivity index (χ0v) is 12.1. The highest BCUT2D eigenvalue weighted by molar-refractivity contribution is 7.09. The molecule has 2 aromatic rings. The number of carboxylic acids is 1. The molecule has 0 unspecified atom stereocenters. The standard InChI is InChI=1S/C15H15NO3S/c1-10-5-12(3-4-14(17)18)6-11(2)15(10)19-8-13-7-16-9-20-13/h3-7,9H,8H2,1-2H3,(H,17,18)/b4-3+. The van der Waals surface area contributed by atoms with Crippen LogP contribution in [0.1, 0.15) is 21.6 Å². The fourth-order valence-electron chi connectivity index (χ4n) is 1.93. The molecule has 1 aromatic carbocycles. The van der Waals surface area contributed by atoms with E-state index in [-0.39, 0.29) is 0 Å². The van der Waals surface area contributed by atoms with Gasteiger partial charge in [-0.2, -0.15) is 0 Å². The number of ether oxygens (including phenoxy) is 1. The molecule has 4 nitrogen and oxygen atoms in total. The number of rotatable bonds is 5. The normalized spacial score (nSPS) is 10.9. The van der Waals surface area contributed by atoms with Gasteiger partial charge in [-0.3, -0.25) is 4.98 Å². The van der Waals surface area contributed by atoms with Crippen LogP contribution in [0.25, 0.3) is 6.08 Å². The lowest BCUT2D eigenvalue weighted by Gasteiger charge is -2.12. The van der Waals surface area contributed by atoms with Crippen LogP contribution in [0.5, 0.6) is 5.75 Å². The van der Waals surface area contributed by atoms with Crippen molar-refractivity contribution in [1.82, 2.24) is 4.98 Å². The Morgan fingerprint density at radius 2 is 2.10 bits per heavy atom. The second-order valence-corrected chi connectivity index (χ2v) is 5.38. The van der Waals surface area contributed by atoms with Gasteiger partial charge < -0.3 is 9.84 Å². The maximum absolute atomic E-state index is 10.5. The van der Waals surface area contributed by atoms with Crippen molar-refractivity contribution in [3.63, 3.8) is 0 Å². The molecule has 0 bridgehead atoms. The van der Waals surface area contributed by atoms with Gasteiger partial charge in [-0.1, -0.05) is 0 Å². The number of benzene rings is 1. The monoisotopic (exact) mass is 289 g/mol. The number of aliphatic carboxylic acids is 1. The molecule has 1 aromatic heterocycles. The first-order valence-electron chi connectivity index (χ1n) is 6.08. The summed E-state index contributed by atoms with van der Waals surface area (Å²) in [5.74, 6) is -0.114. The van der Waals surface area contributed by atoms with Crippen molar-refractivity contribution in [2.24, 2.45) is 0 Å². The van der Waals surface area contributed by atoms with Crippen LogP contribution in [0.2, 0.25) is 0 Å². The Hall–Kier alpha value is -2.14. The van der Waals surface area contributed by atoms with Gasteiger partial charge in [0.05, 0.1) is 10.4 Å². The van der Waals surface area contributed by atoms with Crippen LogP contribution in [-0.2, 0) is 11.4 Å².